The number of aliphatic hydroxyl groups excluding tert-OH is 1. The highest BCUT2D eigenvalue weighted by Crippen LogP contribution is 2.38. The molecule has 0 bridgehead atoms. The highest BCUT2D eigenvalue weighted by molar-refractivity contribution is 5.76. The lowest BCUT2D eigenvalue weighted by molar-refractivity contribution is -0.134. The van der Waals surface area contributed by atoms with Gasteiger partial charge in [-0.15, -0.1) is 0 Å². The molecule has 1 aromatic heterocycles. The zero-order valence-electron chi connectivity index (χ0n) is 11.6. The molecule has 1 amide bonds. The SMILES string of the molecule is O=C(CCCc1nc(C2CC2)no1)N1CCCC(O)C1. The Balaban J connectivity index is 1.40. The van der Waals surface area contributed by atoms with E-state index in [0.29, 0.717) is 31.2 Å². The van der Waals surface area contributed by atoms with Crippen LogP contribution in [0.4, 0.5) is 0 Å². The summed E-state index contributed by atoms with van der Waals surface area (Å²) in [7, 11) is 0. The van der Waals surface area contributed by atoms with Crippen LogP contribution in [0.2, 0.25) is 0 Å². The van der Waals surface area contributed by atoms with Crippen molar-refractivity contribution in [3.05, 3.63) is 11.7 Å². The first-order valence-corrected chi connectivity index (χ1v) is 7.50. The lowest BCUT2D eigenvalue weighted by Gasteiger charge is -2.30. The minimum absolute atomic E-state index is 0.116. The summed E-state index contributed by atoms with van der Waals surface area (Å²) < 4.78 is 5.18. The average molecular weight is 279 g/mol. The van der Waals surface area contributed by atoms with Gasteiger partial charge in [0.15, 0.2) is 5.82 Å². The number of β-amino-alcohol motifs (C(OH)–C–C–N with tert-alkyl or cyclic N) is 1. The predicted octanol–water partition coefficient (Wildman–Crippen LogP) is 1.25. The summed E-state index contributed by atoms with van der Waals surface area (Å²) in [6.07, 6.45) is 5.51. The first kappa shape index (κ1) is 13.5. The molecule has 1 saturated heterocycles. The summed E-state index contributed by atoms with van der Waals surface area (Å²) >= 11 is 0. The number of aryl methyl sites for hydroxylation is 1. The molecule has 0 aromatic carbocycles. The second kappa shape index (κ2) is 5.91. The molecule has 6 nitrogen and oxygen atoms in total. The number of hydrogen-bond acceptors (Lipinski definition) is 5. The van der Waals surface area contributed by atoms with Gasteiger partial charge < -0.3 is 14.5 Å². The second-order valence-electron chi connectivity index (χ2n) is 5.81. The zero-order valence-corrected chi connectivity index (χ0v) is 11.6. The van der Waals surface area contributed by atoms with Crippen molar-refractivity contribution in [1.82, 2.24) is 15.0 Å². The third-order valence-electron chi connectivity index (χ3n) is 3.96. The summed E-state index contributed by atoms with van der Waals surface area (Å²) in [5.74, 6) is 2.08. The van der Waals surface area contributed by atoms with Crippen molar-refractivity contribution in [1.29, 1.82) is 0 Å². The van der Waals surface area contributed by atoms with E-state index in [1.54, 1.807) is 4.90 Å². The van der Waals surface area contributed by atoms with E-state index < -0.39 is 0 Å². The summed E-state index contributed by atoms with van der Waals surface area (Å²) in [6.45, 7) is 1.24. The Morgan fingerprint density at radius 1 is 1.40 bits per heavy atom. The van der Waals surface area contributed by atoms with Crippen LogP contribution < -0.4 is 0 Å². The molecule has 2 aliphatic rings. The lowest BCUT2D eigenvalue weighted by atomic mass is 10.1. The summed E-state index contributed by atoms with van der Waals surface area (Å²) in [5, 5.41) is 13.5. The van der Waals surface area contributed by atoms with Gasteiger partial charge in [-0.05, 0) is 32.1 Å². The number of likely N-dealkylation sites (tertiary alicyclic amines) is 1. The number of rotatable bonds is 5. The zero-order chi connectivity index (χ0) is 13.9. The van der Waals surface area contributed by atoms with Gasteiger partial charge >= 0.3 is 0 Å². The molecule has 1 aromatic rings. The molecule has 1 aliphatic carbocycles. The quantitative estimate of drug-likeness (QED) is 0.877. The minimum atomic E-state index is -0.357. The van der Waals surface area contributed by atoms with Gasteiger partial charge in [-0.1, -0.05) is 5.16 Å². The fourth-order valence-electron chi connectivity index (χ4n) is 2.61. The van der Waals surface area contributed by atoms with E-state index in [1.165, 1.54) is 0 Å². The van der Waals surface area contributed by atoms with Crippen molar-refractivity contribution in [3.8, 4) is 0 Å². The molecule has 110 valence electrons. The Morgan fingerprint density at radius 2 is 2.25 bits per heavy atom. The van der Waals surface area contributed by atoms with E-state index in [1.807, 2.05) is 0 Å². The maximum Gasteiger partial charge on any atom is 0.226 e. The van der Waals surface area contributed by atoms with Crippen LogP contribution in [0.5, 0.6) is 0 Å². The number of nitrogens with zero attached hydrogens (tertiary/aromatic N) is 3. The Morgan fingerprint density at radius 3 is 3.00 bits per heavy atom. The monoisotopic (exact) mass is 279 g/mol. The van der Waals surface area contributed by atoms with Gasteiger partial charge in [-0.2, -0.15) is 4.98 Å². The van der Waals surface area contributed by atoms with Gasteiger partial charge in [0.05, 0.1) is 6.10 Å². The van der Waals surface area contributed by atoms with Crippen molar-refractivity contribution in [2.24, 2.45) is 0 Å². The highest BCUT2D eigenvalue weighted by Gasteiger charge is 2.28. The lowest BCUT2D eigenvalue weighted by Crippen LogP contribution is -2.42. The summed E-state index contributed by atoms with van der Waals surface area (Å²) in [5.41, 5.74) is 0. The smallest absolute Gasteiger partial charge is 0.226 e. The van der Waals surface area contributed by atoms with Crippen molar-refractivity contribution in [2.75, 3.05) is 13.1 Å². The van der Waals surface area contributed by atoms with Gasteiger partial charge in [-0.3, -0.25) is 4.79 Å². The number of piperidine rings is 1. The third-order valence-corrected chi connectivity index (χ3v) is 3.96. The largest absolute Gasteiger partial charge is 0.391 e. The topological polar surface area (TPSA) is 79.5 Å². The standard InChI is InChI=1S/C14H21N3O3/c18-11-3-2-8-17(9-11)13(19)5-1-4-12-15-14(16-20-12)10-6-7-10/h10-11,18H,1-9H2. The van der Waals surface area contributed by atoms with Crippen molar-refractivity contribution in [2.45, 2.75) is 57.0 Å². The minimum Gasteiger partial charge on any atom is -0.391 e. The molecule has 2 fully saturated rings. The van der Waals surface area contributed by atoms with E-state index in [4.69, 9.17) is 4.52 Å². The summed E-state index contributed by atoms with van der Waals surface area (Å²) in [4.78, 5) is 18.1. The molecule has 1 N–H and O–H groups in total. The number of carbonyl (C=O) groups is 1. The van der Waals surface area contributed by atoms with Crippen LogP contribution in [0.15, 0.2) is 4.52 Å². The van der Waals surface area contributed by atoms with E-state index in [-0.39, 0.29) is 12.0 Å². The molecule has 2 heterocycles. The van der Waals surface area contributed by atoms with Crippen LogP contribution in [-0.2, 0) is 11.2 Å². The molecule has 3 rings (SSSR count). The van der Waals surface area contributed by atoms with Crippen LogP contribution in [0.1, 0.15) is 56.2 Å². The van der Waals surface area contributed by atoms with Crippen molar-refractivity contribution in [3.63, 3.8) is 0 Å². The van der Waals surface area contributed by atoms with E-state index in [9.17, 15) is 9.90 Å². The molecule has 20 heavy (non-hydrogen) atoms. The van der Waals surface area contributed by atoms with Crippen LogP contribution >= 0.6 is 0 Å². The molecule has 0 spiro atoms. The number of aromatic nitrogens is 2. The molecular formula is C14H21N3O3. The van der Waals surface area contributed by atoms with Gasteiger partial charge in [0, 0.05) is 31.8 Å². The fraction of sp³-hybridized carbons (Fsp3) is 0.786. The number of carbonyl (C=O) groups excluding carboxylic acids is 1. The third kappa shape index (κ3) is 3.36. The first-order valence-electron chi connectivity index (χ1n) is 7.50. The van der Waals surface area contributed by atoms with Crippen LogP contribution in [0.3, 0.4) is 0 Å². The van der Waals surface area contributed by atoms with E-state index in [0.717, 1.165) is 44.5 Å². The van der Waals surface area contributed by atoms with Gasteiger partial charge in [0.25, 0.3) is 0 Å². The Labute approximate surface area is 118 Å². The normalized spacial score (nSPS) is 23.1. The van der Waals surface area contributed by atoms with Crippen LogP contribution in [-0.4, -0.2) is 45.2 Å². The number of hydrogen-bond donors (Lipinski definition) is 1. The summed E-state index contributed by atoms with van der Waals surface area (Å²) in [6, 6.07) is 0. The van der Waals surface area contributed by atoms with Gasteiger partial charge in [0.2, 0.25) is 11.8 Å². The average Bonchev–Trinajstić information content (AvgIpc) is 3.19. The van der Waals surface area contributed by atoms with Gasteiger partial charge in [0.1, 0.15) is 0 Å². The Hall–Kier alpha value is -1.43. The van der Waals surface area contributed by atoms with Gasteiger partial charge in [-0.25, -0.2) is 0 Å². The molecule has 1 unspecified atom stereocenters. The van der Waals surface area contributed by atoms with E-state index in [2.05, 4.69) is 10.1 Å². The molecule has 1 atom stereocenters. The number of aliphatic hydroxyl groups is 1. The molecule has 1 saturated carbocycles. The molecular weight excluding hydrogens is 258 g/mol. The molecule has 6 heteroatoms. The van der Waals surface area contributed by atoms with Crippen molar-refractivity contribution >= 4 is 5.91 Å². The first-order chi connectivity index (χ1) is 9.72. The van der Waals surface area contributed by atoms with Crippen LogP contribution in [0, 0.1) is 0 Å². The fourth-order valence-corrected chi connectivity index (χ4v) is 2.61. The highest BCUT2D eigenvalue weighted by atomic mass is 16.5. The molecule has 0 radical (unpaired) electrons. The Kier molecular flexibility index (Phi) is 4.00. The Bertz CT molecular complexity index is 470. The predicted molar refractivity (Wildman–Crippen MR) is 71.0 cm³/mol. The maximum absolute atomic E-state index is 12.0. The maximum atomic E-state index is 12.0. The number of amides is 1. The molecule has 1 aliphatic heterocycles. The van der Waals surface area contributed by atoms with Crippen molar-refractivity contribution < 1.29 is 14.4 Å². The van der Waals surface area contributed by atoms with E-state index >= 15 is 0 Å². The second-order valence-corrected chi connectivity index (χ2v) is 5.81. The van der Waals surface area contributed by atoms with Crippen LogP contribution in [0.25, 0.3) is 0 Å².